The molecule has 0 saturated carbocycles. The summed E-state index contributed by atoms with van der Waals surface area (Å²) in [6.45, 7) is 5.72. The molecule has 4 heteroatoms. The molecule has 0 fully saturated rings. The highest BCUT2D eigenvalue weighted by atomic mass is 16.6. The lowest BCUT2D eigenvalue weighted by atomic mass is 9.95. The fourth-order valence-corrected chi connectivity index (χ4v) is 0.964. The fraction of sp³-hybridized carbons (Fsp3) is 0.889. The molecule has 0 aliphatic heterocycles. The quantitative estimate of drug-likeness (QED) is 0.656. The van der Waals surface area contributed by atoms with Gasteiger partial charge in [0.2, 0.25) is 5.91 Å². The monoisotopic (exact) mass is 189 g/mol. The first-order valence-corrected chi connectivity index (χ1v) is 4.25. The number of hydrogen-bond donors (Lipinski definition) is 1. The van der Waals surface area contributed by atoms with Crippen LogP contribution in [0.15, 0.2) is 0 Å². The third-order valence-corrected chi connectivity index (χ3v) is 1.69. The van der Waals surface area contributed by atoms with E-state index in [1.165, 1.54) is 12.0 Å². The van der Waals surface area contributed by atoms with Gasteiger partial charge < -0.3 is 14.7 Å². The van der Waals surface area contributed by atoms with E-state index < -0.39 is 11.7 Å². The number of carbonyl (C=O) groups excluding carboxylic acids is 1. The number of likely N-dealkylation sites (N-methyl/N-ethyl adjacent to an activating group) is 1. The molecule has 1 amide bonds. The van der Waals surface area contributed by atoms with Crippen molar-refractivity contribution in [2.24, 2.45) is 5.41 Å². The van der Waals surface area contributed by atoms with Gasteiger partial charge in [-0.05, 0) is 0 Å². The molecule has 0 bridgehead atoms. The van der Waals surface area contributed by atoms with Crippen molar-refractivity contribution in [1.29, 1.82) is 0 Å². The zero-order valence-corrected chi connectivity index (χ0v) is 9.00. The fourth-order valence-electron chi connectivity index (χ4n) is 0.964. The van der Waals surface area contributed by atoms with Gasteiger partial charge in [0.25, 0.3) is 0 Å². The number of rotatable bonds is 3. The first-order chi connectivity index (χ1) is 5.79. The van der Waals surface area contributed by atoms with Crippen molar-refractivity contribution in [3.63, 3.8) is 0 Å². The zero-order chi connectivity index (χ0) is 10.6. The Labute approximate surface area is 79.5 Å². The van der Waals surface area contributed by atoms with Gasteiger partial charge in [-0.3, -0.25) is 4.79 Å². The summed E-state index contributed by atoms with van der Waals surface area (Å²) in [6, 6.07) is 0. The van der Waals surface area contributed by atoms with Gasteiger partial charge in [-0.2, -0.15) is 0 Å². The predicted molar refractivity (Wildman–Crippen MR) is 50.1 cm³/mol. The van der Waals surface area contributed by atoms with Crippen LogP contribution in [0.4, 0.5) is 0 Å². The Balaban J connectivity index is 4.12. The maximum absolute atomic E-state index is 11.6. The molecular formula is C9H19NO3. The number of aliphatic hydroxyl groups excluding tert-OH is 1. The summed E-state index contributed by atoms with van der Waals surface area (Å²) in [4.78, 5) is 13.0. The van der Waals surface area contributed by atoms with Gasteiger partial charge in [-0.25, -0.2) is 0 Å². The standard InChI is InChI=1S/C9H19NO3/c1-9(2,3)8(12)10(4)6-7(11)13-5/h7,11H,6H2,1-5H3/t7-/m0/s1. The van der Waals surface area contributed by atoms with Gasteiger partial charge in [-0.15, -0.1) is 0 Å². The Kier molecular flexibility index (Phi) is 4.36. The molecule has 0 radical (unpaired) electrons. The van der Waals surface area contributed by atoms with Gasteiger partial charge in [0.15, 0.2) is 6.29 Å². The summed E-state index contributed by atoms with van der Waals surface area (Å²) in [5.74, 6) is -0.0106. The van der Waals surface area contributed by atoms with Gasteiger partial charge in [-0.1, -0.05) is 20.8 Å². The maximum Gasteiger partial charge on any atom is 0.227 e. The van der Waals surface area contributed by atoms with Crippen molar-refractivity contribution < 1.29 is 14.6 Å². The van der Waals surface area contributed by atoms with E-state index in [9.17, 15) is 4.79 Å². The highest BCUT2D eigenvalue weighted by Gasteiger charge is 2.25. The van der Waals surface area contributed by atoms with E-state index in [0.29, 0.717) is 0 Å². The normalized spacial score (nSPS) is 14.0. The van der Waals surface area contributed by atoms with E-state index in [2.05, 4.69) is 4.74 Å². The Morgan fingerprint density at radius 1 is 1.54 bits per heavy atom. The molecule has 0 aliphatic carbocycles. The van der Waals surface area contributed by atoms with Crippen LogP contribution in [0.1, 0.15) is 20.8 Å². The number of hydrogen-bond acceptors (Lipinski definition) is 3. The lowest BCUT2D eigenvalue weighted by molar-refractivity contribution is -0.146. The first-order valence-electron chi connectivity index (χ1n) is 4.25. The molecular weight excluding hydrogens is 170 g/mol. The van der Waals surface area contributed by atoms with Crippen LogP contribution >= 0.6 is 0 Å². The maximum atomic E-state index is 11.6. The second-order valence-corrected chi connectivity index (χ2v) is 4.13. The molecule has 4 nitrogen and oxygen atoms in total. The van der Waals surface area contributed by atoms with Crippen LogP contribution in [-0.2, 0) is 9.53 Å². The zero-order valence-electron chi connectivity index (χ0n) is 9.00. The van der Waals surface area contributed by atoms with Crippen LogP contribution in [0.2, 0.25) is 0 Å². The molecule has 0 unspecified atom stereocenters. The molecule has 0 spiro atoms. The lowest BCUT2D eigenvalue weighted by Crippen LogP contribution is -2.41. The minimum atomic E-state index is -0.906. The average molecular weight is 189 g/mol. The second-order valence-electron chi connectivity index (χ2n) is 4.13. The SMILES string of the molecule is CO[C@H](O)CN(C)C(=O)C(C)(C)C. The van der Waals surface area contributed by atoms with E-state index in [1.807, 2.05) is 20.8 Å². The number of carbonyl (C=O) groups is 1. The Morgan fingerprint density at radius 3 is 2.31 bits per heavy atom. The van der Waals surface area contributed by atoms with Crippen LogP contribution in [0.5, 0.6) is 0 Å². The Bertz CT molecular complexity index is 174. The van der Waals surface area contributed by atoms with Crippen LogP contribution in [0.3, 0.4) is 0 Å². The second kappa shape index (κ2) is 4.58. The van der Waals surface area contributed by atoms with Crippen molar-refractivity contribution in [3.05, 3.63) is 0 Å². The van der Waals surface area contributed by atoms with E-state index in [-0.39, 0.29) is 12.5 Å². The summed E-state index contributed by atoms with van der Waals surface area (Å²) >= 11 is 0. The van der Waals surface area contributed by atoms with Crippen molar-refractivity contribution in [2.45, 2.75) is 27.1 Å². The molecule has 1 atom stereocenters. The first kappa shape index (κ1) is 12.4. The summed E-state index contributed by atoms with van der Waals surface area (Å²) in [6.07, 6.45) is -0.906. The topological polar surface area (TPSA) is 49.8 Å². The molecule has 13 heavy (non-hydrogen) atoms. The van der Waals surface area contributed by atoms with E-state index in [4.69, 9.17) is 5.11 Å². The number of aliphatic hydroxyl groups is 1. The number of ether oxygens (including phenoxy) is 1. The molecule has 0 heterocycles. The van der Waals surface area contributed by atoms with Crippen molar-refractivity contribution in [3.8, 4) is 0 Å². The minimum Gasteiger partial charge on any atom is -0.366 e. The smallest absolute Gasteiger partial charge is 0.227 e. The number of nitrogens with zero attached hydrogens (tertiary/aromatic N) is 1. The minimum absolute atomic E-state index is 0.0106. The van der Waals surface area contributed by atoms with E-state index >= 15 is 0 Å². The molecule has 0 aromatic carbocycles. The third kappa shape index (κ3) is 4.24. The molecule has 0 saturated heterocycles. The average Bonchev–Trinajstić information content (AvgIpc) is 2.01. The van der Waals surface area contributed by atoms with Gasteiger partial charge in [0, 0.05) is 19.6 Å². The Morgan fingerprint density at radius 2 is 2.00 bits per heavy atom. The largest absolute Gasteiger partial charge is 0.366 e. The van der Waals surface area contributed by atoms with Crippen molar-refractivity contribution in [2.75, 3.05) is 20.7 Å². The van der Waals surface area contributed by atoms with E-state index in [0.717, 1.165) is 0 Å². The highest BCUT2D eigenvalue weighted by molar-refractivity contribution is 5.81. The van der Waals surface area contributed by atoms with Gasteiger partial charge in [0.05, 0.1) is 6.54 Å². The molecule has 0 aromatic rings. The summed E-state index contributed by atoms with van der Waals surface area (Å²) < 4.78 is 4.65. The Hall–Kier alpha value is -0.610. The molecule has 78 valence electrons. The highest BCUT2D eigenvalue weighted by Crippen LogP contribution is 2.16. The van der Waals surface area contributed by atoms with Gasteiger partial charge >= 0.3 is 0 Å². The van der Waals surface area contributed by atoms with Crippen molar-refractivity contribution in [1.82, 2.24) is 4.90 Å². The summed E-state index contributed by atoms with van der Waals surface area (Å²) in [5.41, 5.74) is -0.414. The lowest BCUT2D eigenvalue weighted by Gasteiger charge is -2.27. The van der Waals surface area contributed by atoms with Crippen LogP contribution in [0.25, 0.3) is 0 Å². The summed E-state index contributed by atoms with van der Waals surface area (Å²) in [7, 11) is 3.05. The molecule has 0 aromatic heterocycles. The number of amides is 1. The van der Waals surface area contributed by atoms with Crippen LogP contribution in [-0.4, -0.2) is 42.9 Å². The van der Waals surface area contributed by atoms with E-state index in [1.54, 1.807) is 7.05 Å². The summed E-state index contributed by atoms with van der Waals surface area (Å²) in [5, 5.41) is 9.13. The van der Waals surface area contributed by atoms with Crippen LogP contribution in [0, 0.1) is 5.41 Å². The molecule has 0 aliphatic rings. The van der Waals surface area contributed by atoms with Gasteiger partial charge in [0.1, 0.15) is 0 Å². The molecule has 0 rings (SSSR count). The third-order valence-electron chi connectivity index (χ3n) is 1.69. The number of methoxy groups -OCH3 is 1. The van der Waals surface area contributed by atoms with Crippen molar-refractivity contribution >= 4 is 5.91 Å². The molecule has 1 N–H and O–H groups in total. The van der Waals surface area contributed by atoms with Crippen LogP contribution < -0.4 is 0 Å². The predicted octanol–water partition coefficient (Wildman–Crippen LogP) is 0.456.